The van der Waals surface area contributed by atoms with Crippen LogP contribution in [0.2, 0.25) is 0 Å². The second-order valence-electron chi connectivity index (χ2n) is 8.71. The summed E-state index contributed by atoms with van der Waals surface area (Å²) >= 11 is 0. The molecule has 0 atom stereocenters. The molecule has 32 heavy (non-hydrogen) atoms. The van der Waals surface area contributed by atoms with Crippen molar-refractivity contribution in [2.24, 2.45) is 11.8 Å². The molecule has 3 rings (SSSR count). The van der Waals surface area contributed by atoms with Crippen LogP contribution in [0, 0.1) is 11.8 Å². The Balaban J connectivity index is 1.99. The Hall–Kier alpha value is -3.62. The van der Waals surface area contributed by atoms with E-state index in [9.17, 15) is 14.4 Å². The van der Waals surface area contributed by atoms with Crippen molar-refractivity contribution in [2.45, 2.75) is 40.8 Å². The summed E-state index contributed by atoms with van der Waals surface area (Å²) in [7, 11) is 0. The van der Waals surface area contributed by atoms with Gasteiger partial charge in [0.15, 0.2) is 5.69 Å². The van der Waals surface area contributed by atoms with Gasteiger partial charge in [-0.25, -0.2) is 4.79 Å². The standard InChI is InChI=1S/C23H30N6O3/c1-15(2)12-28(19-20(24)29(13-16(3)4)23(32)26-21(19)30)22(31)18-8-6-17(7-9-18)14-27-11-5-10-25-27/h5-11,15-16H,12-14,24H2,1-4H3,(H,26,30,32). The van der Waals surface area contributed by atoms with E-state index in [4.69, 9.17) is 5.73 Å². The van der Waals surface area contributed by atoms with Gasteiger partial charge < -0.3 is 10.6 Å². The van der Waals surface area contributed by atoms with Crippen molar-refractivity contribution < 1.29 is 4.79 Å². The summed E-state index contributed by atoms with van der Waals surface area (Å²) in [6.45, 7) is 8.98. The summed E-state index contributed by atoms with van der Waals surface area (Å²) in [6, 6.07) is 9.01. The van der Waals surface area contributed by atoms with Crippen LogP contribution in [0.5, 0.6) is 0 Å². The minimum atomic E-state index is -0.670. The molecule has 3 aromatic rings. The van der Waals surface area contributed by atoms with Crippen LogP contribution in [0.4, 0.5) is 11.5 Å². The Labute approximate surface area is 186 Å². The zero-order valence-electron chi connectivity index (χ0n) is 18.9. The summed E-state index contributed by atoms with van der Waals surface area (Å²) in [5, 5.41) is 4.19. The first-order valence-electron chi connectivity index (χ1n) is 10.7. The van der Waals surface area contributed by atoms with E-state index in [1.165, 1.54) is 9.47 Å². The topological polar surface area (TPSA) is 119 Å². The van der Waals surface area contributed by atoms with Gasteiger partial charge in [0.05, 0.1) is 6.54 Å². The number of H-pyrrole nitrogens is 1. The number of aromatic amines is 1. The van der Waals surface area contributed by atoms with E-state index in [0.717, 1.165) is 5.56 Å². The molecular weight excluding hydrogens is 408 g/mol. The van der Waals surface area contributed by atoms with Gasteiger partial charge in [0.25, 0.3) is 11.5 Å². The molecule has 3 N–H and O–H groups in total. The second-order valence-corrected chi connectivity index (χ2v) is 8.71. The first-order chi connectivity index (χ1) is 15.2. The fourth-order valence-corrected chi connectivity index (χ4v) is 3.52. The molecule has 0 aliphatic carbocycles. The maximum absolute atomic E-state index is 13.4. The number of nitrogens with one attached hydrogen (secondary N) is 1. The van der Waals surface area contributed by atoms with E-state index in [0.29, 0.717) is 18.7 Å². The van der Waals surface area contributed by atoms with E-state index in [-0.39, 0.29) is 35.8 Å². The highest BCUT2D eigenvalue weighted by atomic mass is 16.2. The maximum atomic E-state index is 13.4. The maximum Gasteiger partial charge on any atom is 0.330 e. The molecule has 0 spiro atoms. The molecular formula is C23H30N6O3. The third-order valence-electron chi connectivity index (χ3n) is 4.93. The van der Waals surface area contributed by atoms with Gasteiger partial charge in [-0.15, -0.1) is 0 Å². The number of nitrogen functional groups attached to an aromatic ring is 1. The minimum absolute atomic E-state index is 0.00301. The number of nitrogens with zero attached hydrogens (tertiary/aromatic N) is 4. The van der Waals surface area contributed by atoms with Crippen molar-refractivity contribution in [1.82, 2.24) is 19.3 Å². The molecule has 0 saturated carbocycles. The molecule has 9 heteroatoms. The molecule has 1 aromatic carbocycles. The highest BCUT2D eigenvalue weighted by Gasteiger charge is 2.26. The van der Waals surface area contributed by atoms with Gasteiger partial charge in [0.2, 0.25) is 0 Å². The van der Waals surface area contributed by atoms with Crippen molar-refractivity contribution in [1.29, 1.82) is 0 Å². The SMILES string of the molecule is CC(C)CN(C(=O)c1ccc(Cn2cccn2)cc1)c1c(N)n(CC(C)C)c(=O)[nH]c1=O. The molecule has 2 aromatic heterocycles. The first kappa shape index (κ1) is 23.1. The predicted molar refractivity (Wildman–Crippen MR) is 125 cm³/mol. The number of benzene rings is 1. The molecule has 0 aliphatic heterocycles. The normalized spacial score (nSPS) is 11.3. The Bertz CT molecular complexity index is 1170. The molecule has 1 amide bonds. The van der Waals surface area contributed by atoms with E-state index in [1.807, 2.05) is 52.1 Å². The van der Waals surface area contributed by atoms with Crippen molar-refractivity contribution in [2.75, 3.05) is 17.2 Å². The number of aromatic nitrogens is 4. The fourth-order valence-electron chi connectivity index (χ4n) is 3.52. The minimum Gasteiger partial charge on any atom is -0.383 e. The molecule has 0 radical (unpaired) electrons. The molecule has 9 nitrogen and oxygen atoms in total. The summed E-state index contributed by atoms with van der Waals surface area (Å²) < 4.78 is 3.11. The van der Waals surface area contributed by atoms with Crippen molar-refractivity contribution in [3.8, 4) is 0 Å². The summed E-state index contributed by atoms with van der Waals surface area (Å²) in [4.78, 5) is 42.2. The van der Waals surface area contributed by atoms with Crippen LogP contribution < -0.4 is 21.9 Å². The van der Waals surface area contributed by atoms with Crippen LogP contribution in [-0.2, 0) is 13.1 Å². The van der Waals surface area contributed by atoms with Gasteiger partial charge in [-0.3, -0.25) is 23.8 Å². The van der Waals surface area contributed by atoms with Gasteiger partial charge in [0, 0.05) is 31.0 Å². The number of nitrogens with two attached hydrogens (primary N) is 1. The third-order valence-corrected chi connectivity index (χ3v) is 4.93. The number of rotatable bonds is 8. The van der Waals surface area contributed by atoms with Crippen molar-refractivity contribution in [3.63, 3.8) is 0 Å². The van der Waals surface area contributed by atoms with Gasteiger partial charge in [-0.2, -0.15) is 5.10 Å². The highest BCUT2D eigenvalue weighted by molar-refractivity contribution is 6.07. The molecule has 0 aliphatic rings. The number of amides is 1. The Morgan fingerprint density at radius 2 is 1.81 bits per heavy atom. The Kier molecular flexibility index (Phi) is 6.97. The van der Waals surface area contributed by atoms with Gasteiger partial charge in [-0.05, 0) is 35.6 Å². The zero-order chi connectivity index (χ0) is 23.4. The Morgan fingerprint density at radius 1 is 1.12 bits per heavy atom. The van der Waals surface area contributed by atoms with Crippen LogP contribution in [0.25, 0.3) is 0 Å². The molecule has 0 saturated heterocycles. The number of carbonyl (C=O) groups excluding carboxylic acids is 1. The lowest BCUT2D eigenvalue weighted by atomic mass is 10.1. The molecule has 0 bridgehead atoms. The smallest absolute Gasteiger partial charge is 0.330 e. The lowest BCUT2D eigenvalue weighted by Gasteiger charge is -2.26. The largest absolute Gasteiger partial charge is 0.383 e. The average Bonchev–Trinajstić information content (AvgIpc) is 3.23. The molecule has 0 unspecified atom stereocenters. The van der Waals surface area contributed by atoms with Crippen LogP contribution in [-0.4, -0.2) is 31.8 Å². The zero-order valence-corrected chi connectivity index (χ0v) is 18.9. The lowest BCUT2D eigenvalue weighted by molar-refractivity contribution is 0.0983. The van der Waals surface area contributed by atoms with E-state index in [1.54, 1.807) is 23.0 Å². The number of carbonyl (C=O) groups is 1. The second kappa shape index (κ2) is 9.67. The van der Waals surface area contributed by atoms with Gasteiger partial charge >= 0.3 is 5.69 Å². The average molecular weight is 439 g/mol. The predicted octanol–water partition coefficient (Wildman–Crippen LogP) is 2.32. The van der Waals surface area contributed by atoms with E-state index in [2.05, 4.69) is 10.1 Å². The van der Waals surface area contributed by atoms with Gasteiger partial charge in [0.1, 0.15) is 5.82 Å². The van der Waals surface area contributed by atoms with Crippen LogP contribution >= 0.6 is 0 Å². The number of hydrogen-bond donors (Lipinski definition) is 2. The van der Waals surface area contributed by atoms with Crippen LogP contribution in [0.1, 0.15) is 43.6 Å². The number of hydrogen-bond acceptors (Lipinski definition) is 5. The lowest BCUT2D eigenvalue weighted by Crippen LogP contribution is -2.43. The van der Waals surface area contributed by atoms with Crippen molar-refractivity contribution >= 4 is 17.4 Å². The number of anilines is 2. The summed E-state index contributed by atoms with van der Waals surface area (Å²) in [5.74, 6) is -0.152. The highest BCUT2D eigenvalue weighted by Crippen LogP contribution is 2.22. The first-order valence-corrected chi connectivity index (χ1v) is 10.7. The third kappa shape index (κ3) is 5.16. The Morgan fingerprint density at radius 3 is 2.38 bits per heavy atom. The van der Waals surface area contributed by atoms with E-state index < -0.39 is 11.2 Å². The summed E-state index contributed by atoms with van der Waals surface area (Å²) in [6.07, 6.45) is 3.58. The van der Waals surface area contributed by atoms with E-state index >= 15 is 0 Å². The monoisotopic (exact) mass is 438 g/mol. The quantitative estimate of drug-likeness (QED) is 0.559. The molecule has 2 heterocycles. The molecule has 0 fully saturated rings. The summed E-state index contributed by atoms with van der Waals surface area (Å²) in [5.41, 5.74) is 6.44. The molecule has 170 valence electrons. The van der Waals surface area contributed by atoms with Crippen LogP contribution in [0.15, 0.2) is 52.3 Å². The fraction of sp³-hybridized carbons (Fsp3) is 0.391. The van der Waals surface area contributed by atoms with Crippen LogP contribution in [0.3, 0.4) is 0 Å². The van der Waals surface area contributed by atoms with Crippen molar-refractivity contribution in [3.05, 3.63) is 74.7 Å². The van der Waals surface area contributed by atoms with Gasteiger partial charge in [-0.1, -0.05) is 39.8 Å².